The van der Waals surface area contributed by atoms with Gasteiger partial charge in [-0.1, -0.05) is 11.6 Å². The average molecular weight is 224 g/mol. The van der Waals surface area contributed by atoms with Crippen molar-refractivity contribution in [3.63, 3.8) is 0 Å². The molecule has 0 spiro atoms. The molecule has 3 rings (SSSR count). The van der Waals surface area contributed by atoms with Crippen LogP contribution in [0.4, 0.5) is 11.5 Å². The maximum atomic E-state index is 5.89. The summed E-state index contributed by atoms with van der Waals surface area (Å²) in [6.07, 6.45) is 4.34. The minimum absolute atomic E-state index is 0.161. The molecule has 1 unspecified atom stereocenters. The highest BCUT2D eigenvalue weighted by Crippen LogP contribution is 2.44. The van der Waals surface area contributed by atoms with E-state index in [1.165, 1.54) is 12.8 Å². The van der Waals surface area contributed by atoms with Crippen LogP contribution in [0.5, 0.6) is 0 Å². The Balaban J connectivity index is 1.92. The Labute approximate surface area is 94.2 Å². The lowest BCUT2D eigenvalue weighted by atomic mass is 9.93. The van der Waals surface area contributed by atoms with Gasteiger partial charge in [0.1, 0.15) is 5.82 Å². The molecule has 1 aromatic heterocycles. The number of hydrogen-bond donors (Lipinski definition) is 2. The van der Waals surface area contributed by atoms with Crippen LogP contribution in [0.25, 0.3) is 0 Å². The third-order valence-electron chi connectivity index (χ3n) is 3.38. The minimum atomic E-state index is 0.161. The van der Waals surface area contributed by atoms with Crippen LogP contribution < -0.4 is 10.6 Å². The molecule has 0 amide bonds. The second kappa shape index (κ2) is 3.01. The van der Waals surface area contributed by atoms with Gasteiger partial charge < -0.3 is 10.6 Å². The Hall–Kier alpha value is -0.960. The molecule has 80 valence electrons. The molecule has 2 aliphatic rings. The van der Waals surface area contributed by atoms with Crippen molar-refractivity contribution in [1.82, 2.24) is 4.98 Å². The summed E-state index contributed by atoms with van der Waals surface area (Å²) in [5.74, 6) is 1.72. The largest absolute Gasteiger partial charge is 0.380 e. The molecule has 15 heavy (non-hydrogen) atoms. The molecule has 0 bridgehead atoms. The lowest BCUT2D eigenvalue weighted by Crippen LogP contribution is -2.47. The van der Waals surface area contributed by atoms with Crippen LogP contribution in [0.2, 0.25) is 5.02 Å². The summed E-state index contributed by atoms with van der Waals surface area (Å²) in [6, 6.07) is 1.92. The van der Waals surface area contributed by atoms with Gasteiger partial charge in [0.05, 0.1) is 16.2 Å². The first-order chi connectivity index (χ1) is 7.17. The first-order valence-corrected chi connectivity index (χ1v) is 5.73. The molecule has 1 fully saturated rings. The zero-order valence-corrected chi connectivity index (χ0v) is 9.43. The zero-order valence-electron chi connectivity index (χ0n) is 8.68. The molecule has 1 aliphatic heterocycles. The number of anilines is 2. The molecule has 1 saturated carbocycles. The average Bonchev–Trinajstić information content (AvgIpc) is 3.02. The van der Waals surface area contributed by atoms with Crippen LogP contribution in [-0.4, -0.2) is 17.1 Å². The maximum absolute atomic E-state index is 5.89. The maximum Gasteiger partial charge on any atom is 0.149 e. The van der Waals surface area contributed by atoms with E-state index in [-0.39, 0.29) is 5.54 Å². The molecule has 0 radical (unpaired) electrons. The van der Waals surface area contributed by atoms with Crippen molar-refractivity contribution < 1.29 is 0 Å². The second-order valence-electron chi connectivity index (χ2n) is 4.72. The molecule has 4 heteroatoms. The van der Waals surface area contributed by atoms with Crippen molar-refractivity contribution in [2.24, 2.45) is 5.92 Å². The third kappa shape index (κ3) is 1.55. The molecule has 3 nitrogen and oxygen atoms in total. The highest BCUT2D eigenvalue weighted by atomic mass is 35.5. The molecule has 1 aliphatic carbocycles. The predicted molar refractivity (Wildman–Crippen MR) is 62.5 cm³/mol. The summed E-state index contributed by atoms with van der Waals surface area (Å²) in [5.41, 5.74) is 1.18. The van der Waals surface area contributed by atoms with Crippen LogP contribution >= 0.6 is 11.6 Å². The number of aromatic nitrogens is 1. The van der Waals surface area contributed by atoms with E-state index in [9.17, 15) is 0 Å². The number of nitrogens with one attached hydrogen (secondary N) is 2. The molecule has 1 atom stereocenters. The van der Waals surface area contributed by atoms with Gasteiger partial charge >= 0.3 is 0 Å². The molecule has 2 heterocycles. The van der Waals surface area contributed by atoms with Crippen molar-refractivity contribution in [1.29, 1.82) is 0 Å². The van der Waals surface area contributed by atoms with E-state index < -0.39 is 0 Å². The van der Waals surface area contributed by atoms with Crippen molar-refractivity contribution >= 4 is 23.1 Å². The monoisotopic (exact) mass is 223 g/mol. The van der Waals surface area contributed by atoms with Crippen molar-refractivity contribution in [3.8, 4) is 0 Å². The van der Waals surface area contributed by atoms with Gasteiger partial charge in [-0.05, 0) is 31.7 Å². The van der Waals surface area contributed by atoms with Crippen LogP contribution in [0, 0.1) is 5.92 Å². The third-order valence-corrected chi connectivity index (χ3v) is 3.59. The van der Waals surface area contributed by atoms with E-state index in [2.05, 4.69) is 22.5 Å². The SMILES string of the molecule is CC1(C2CC2)CNc2cc(Cl)cnc2N1. The topological polar surface area (TPSA) is 37.0 Å². The fourth-order valence-corrected chi connectivity index (χ4v) is 2.39. The summed E-state index contributed by atoms with van der Waals surface area (Å²) in [7, 11) is 0. The number of fused-ring (bicyclic) bond motifs is 1. The smallest absolute Gasteiger partial charge is 0.149 e. The van der Waals surface area contributed by atoms with E-state index in [1.54, 1.807) is 6.20 Å². The fourth-order valence-electron chi connectivity index (χ4n) is 2.23. The van der Waals surface area contributed by atoms with E-state index in [4.69, 9.17) is 11.6 Å². The van der Waals surface area contributed by atoms with E-state index >= 15 is 0 Å². The lowest BCUT2D eigenvalue weighted by Gasteiger charge is -2.37. The van der Waals surface area contributed by atoms with E-state index in [0.29, 0.717) is 5.02 Å². The van der Waals surface area contributed by atoms with Gasteiger partial charge in [0.25, 0.3) is 0 Å². The summed E-state index contributed by atoms with van der Waals surface area (Å²) < 4.78 is 0. The van der Waals surface area contributed by atoms with Crippen LogP contribution in [0.3, 0.4) is 0 Å². The van der Waals surface area contributed by atoms with Crippen molar-refractivity contribution in [2.45, 2.75) is 25.3 Å². The van der Waals surface area contributed by atoms with Gasteiger partial charge in [0.2, 0.25) is 0 Å². The molecule has 1 aromatic rings. The Bertz CT molecular complexity index is 403. The number of rotatable bonds is 1. The van der Waals surface area contributed by atoms with Gasteiger partial charge in [-0.25, -0.2) is 4.98 Å². The Morgan fingerprint density at radius 1 is 1.53 bits per heavy atom. The molecule has 0 saturated heterocycles. The Morgan fingerprint density at radius 3 is 3.07 bits per heavy atom. The lowest BCUT2D eigenvalue weighted by molar-refractivity contribution is 0.463. The molecule has 2 N–H and O–H groups in total. The summed E-state index contributed by atoms with van der Waals surface area (Å²) in [5, 5.41) is 7.61. The van der Waals surface area contributed by atoms with Gasteiger partial charge in [0.15, 0.2) is 0 Å². The summed E-state index contributed by atoms with van der Waals surface area (Å²) >= 11 is 5.89. The van der Waals surface area contributed by atoms with Crippen LogP contribution in [0.15, 0.2) is 12.3 Å². The highest BCUT2D eigenvalue weighted by molar-refractivity contribution is 6.30. The first kappa shape index (κ1) is 9.28. The van der Waals surface area contributed by atoms with E-state index in [1.807, 2.05) is 6.07 Å². The molecular formula is C11H14ClN3. The van der Waals surface area contributed by atoms with Crippen LogP contribution in [-0.2, 0) is 0 Å². The number of pyridine rings is 1. The van der Waals surface area contributed by atoms with Crippen LogP contribution in [0.1, 0.15) is 19.8 Å². The van der Waals surface area contributed by atoms with E-state index in [0.717, 1.165) is 24.0 Å². The van der Waals surface area contributed by atoms with Crippen molar-refractivity contribution in [3.05, 3.63) is 17.3 Å². The predicted octanol–water partition coefficient (Wildman–Crippen LogP) is 2.74. The standard InChI is InChI=1S/C11H14ClN3/c1-11(7-2-3-7)6-14-9-4-8(12)5-13-10(9)15-11/h4-5,7,14H,2-3,6H2,1H3,(H,13,15). The quantitative estimate of drug-likeness (QED) is 0.769. The molecular weight excluding hydrogens is 210 g/mol. The summed E-state index contributed by atoms with van der Waals surface area (Å²) in [6.45, 7) is 3.21. The minimum Gasteiger partial charge on any atom is -0.380 e. The number of hydrogen-bond acceptors (Lipinski definition) is 3. The highest BCUT2D eigenvalue weighted by Gasteiger charge is 2.43. The number of halogens is 1. The fraction of sp³-hybridized carbons (Fsp3) is 0.545. The normalized spacial score (nSPS) is 28.9. The second-order valence-corrected chi connectivity index (χ2v) is 5.16. The van der Waals surface area contributed by atoms with Gasteiger partial charge in [-0.2, -0.15) is 0 Å². The Morgan fingerprint density at radius 2 is 2.33 bits per heavy atom. The van der Waals surface area contributed by atoms with Gasteiger partial charge in [-0.15, -0.1) is 0 Å². The molecule has 0 aromatic carbocycles. The Kier molecular flexibility index (Phi) is 1.87. The van der Waals surface area contributed by atoms with Gasteiger partial charge in [-0.3, -0.25) is 0 Å². The first-order valence-electron chi connectivity index (χ1n) is 5.35. The zero-order chi connectivity index (χ0) is 10.5. The van der Waals surface area contributed by atoms with Gasteiger partial charge in [0, 0.05) is 12.7 Å². The van der Waals surface area contributed by atoms with Crippen molar-refractivity contribution in [2.75, 3.05) is 17.2 Å². The number of nitrogens with zero attached hydrogens (tertiary/aromatic N) is 1. The summed E-state index contributed by atoms with van der Waals surface area (Å²) in [4.78, 5) is 4.32.